The molecule has 1 unspecified atom stereocenters. The van der Waals surface area contributed by atoms with Crippen LogP contribution >= 0.6 is 15.2 Å². The topological polar surface area (TPSA) is 52.0 Å². The van der Waals surface area contributed by atoms with E-state index in [1.165, 1.54) is 32.2 Å². The first-order valence-electron chi connectivity index (χ1n) is 16.9. The molecule has 8 rings (SSSR count). The quantitative estimate of drug-likeness (QED) is 0.107. The van der Waals surface area contributed by atoms with Gasteiger partial charge in [0.2, 0.25) is 5.78 Å². The Morgan fingerprint density at radius 2 is 1.14 bits per heavy atom. The molecule has 0 spiro atoms. The van der Waals surface area contributed by atoms with Gasteiger partial charge in [0.25, 0.3) is 0 Å². The van der Waals surface area contributed by atoms with Gasteiger partial charge in [-0.1, -0.05) is 139 Å². The number of nitrogens with two attached hydrogens (primary N) is 1. The third kappa shape index (κ3) is 5.78. The molecule has 0 radical (unpaired) electrons. The summed E-state index contributed by atoms with van der Waals surface area (Å²) in [6.07, 6.45) is 1.80. The van der Waals surface area contributed by atoms with E-state index < -0.39 is 15.2 Å². The van der Waals surface area contributed by atoms with E-state index in [1.54, 1.807) is 6.21 Å². The molecule has 0 saturated heterocycles. The average Bonchev–Trinajstić information content (AvgIpc) is 3.53. The molecule has 3 nitrogen and oxygen atoms in total. The van der Waals surface area contributed by atoms with Gasteiger partial charge in [0.1, 0.15) is 10.6 Å². The van der Waals surface area contributed by atoms with Crippen LogP contribution in [0.25, 0.3) is 0 Å². The Morgan fingerprint density at radius 3 is 1.76 bits per heavy atom. The number of fused-ring (bicyclic) bond motifs is 1. The van der Waals surface area contributed by atoms with Gasteiger partial charge in [0.15, 0.2) is 18.3 Å². The maximum Gasteiger partial charge on any atom is 0.231 e. The minimum absolute atomic E-state index is 0.0375. The monoisotopic (exact) mass is 683 g/mol. The summed E-state index contributed by atoms with van der Waals surface area (Å²) in [5.41, 5.74) is 4.58. The Kier molecular flexibility index (Phi) is 8.97. The first-order valence-corrected chi connectivity index (χ1v) is 20.1. The zero-order valence-corrected chi connectivity index (χ0v) is 29.6. The lowest BCUT2D eigenvalue weighted by Crippen LogP contribution is -2.77. The van der Waals surface area contributed by atoms with Crippen LogP contribution in [0.1, 0.15) is 22.5 Å². The summed E-state index contributed by atoms with van der Waals surface area (Å²) < 4.78 is 0. The van der Waals surface area contributed by atoms with Crippen molar-refractivity contribution in [1.29, 1.82) is 0 Å². The molecule has 0 saturated carbocycles. The van der Waals surface area contributed by atoms with Gasteiger partial charge in [-0.05, 0) is 79.0 Å². The predicted molar refractivity (Wildman–Crippen MR) is 213 cm³/mol. The van der Waals surface area contributed by atoms with Crippen LogP contribution in [0, 0.1) is 6.92 Å². The first kappa shape index (κ1) is 32.1. The number of aryl methyl sites for hydroxylation is 1. The van der Waals surface area contributed by atoms with Crippen molar-refractivity contribution < 1.29 is 10.4 Å². The van der Waals surface area contributed by atoms with E-state index in [-0.39, 0.29) is 11.5 Å². The number of benzene rings is 7. The van der Waals surface area contributed by atoms with Crippen molar-refractivity contribution in [2.45, 2.75) is 12.7 Å². The summed E-state index contributed by atoms with van der Waals surface area (Å²) in [7, 11) is -3.16. The number of rotatable bonds is 8. The highest BCUT2D eigenvalue weighted by Crippen LogP contribution is 2.68. The maximum absolute atomic E-state index is 14.8. The van der Waals surface area contributed by atoms with E-state index in [0.717, 1.165) is 22.1 Å². The number of hydrogen-bond acceptors (Lipinski definition) is 2. The van der Waals surface area contributed by atoms with E-state index >= 15 is 0 Å². The lowest BCUT2D eigenvalue weighted by atomic mass is 10.0. The van der Waals surface area contributed by atoms with E-state index in [9.17, 15) is 5.11 Å². The van der Waals surface area contributed by atoms with Gasteiger partial charge >= 0.3 is 0 Å². The van der Waals surface area contributed by atoms with Crippen molar-refractivity contribution >= 4 is 64.6 Å². The van der Waals surface area contributed by atoms with Crippen LogP contribution in [0.3, 0.4) is 0 Å². The molecule has 1 aliphatic rings. The highest BCUT2D eigenvalue weighted by atomic mass is 31.2. The van der Waals surface area contributed by atoms with Crippen LogP contribution in [0.2, 0.25) is 0 Å². The van der Waals surface area contributed by atoms with Gasteiger partial charge in [0.05, 0.1) is 5.69 Å². The third-order valence-corrected chi connectivity index (χ3v) is 16.6. The molecule has 0 fully saturated rings. The molecular weight excluding hydrogens is 646 g/mol. The smallest absolute Gasteiger partial charge is 0.231 e. The molecule has 1 atom stereocenters. The summed E-state index contributed by atoms with van der Waals surface area (Å²) in [6.45, 7) is 2.09. The van der Waals surface area contributed by atoms with E-state index in [0.29, 0.717) is 5.56 Å². The summed E-state index contributed by atoms with van der Waals surface area (Å²) >= 11 is 0. The fourth-order valence-electron chi connectivity index (χ4n) is 7.38. The summed E-state index contributed by atoms with van der Waals surface area (Å²) in [5.74, 6) is -0.0731. The van der Waals surface area contributed by atoms with Gasteiger partial charge < -0.3 is 5.11 Å². The lowest BCUT2D eigenvalue weighted by Gasteiger charge is -2.29. The standard InChI is InChI=1S/C45H36N2OP2/c1-33-30-34(32-46-40-26-14-16-28-42(40)49(35-18-6-2-7-19-35)36-20-8-3-9-21-36)44(48)39(31-33)45-47-41-27-15-17-29-43(41)50(45,37-22-10-4-11-23-37)38-24-12-5-13-25-38/h2-32,45,47H,1H3/p+1. The molecule has 242 valence electrons. The number of hydrogen-bond donors (Lipinski definition) is 1. The maximum atomic E-state index is 14.8. The molecule has 0 bridgehead atoms. The van der Waals surface area contributed by atoms with E-state index in [4.69, 9.17) is 4.99 Å². The minimum atomic E-state index is -2.30. The molecular formula is C45H37N2OP2+. The molecule has 1 aliphatic heterocycles. The summed E-state index contributed by atoms with van der Waals surface area (Å²) in [5, 5.41) is 24.7. The Balaban J connectivity index is 1.27. The van der Waals surface area contributed by atoms with Crippen molar-refractivity contribution in [1.82, 2.24) is 0 Å². The molecule has 1 heterocycles. The van der Waals surface area contributed by atoms with Crippen molar-refractivity contribution in [3.05, 3.63) is 199 Å². The van der Waals surface area contributed by atoms with Gasteiger partial charge in [-0.15, -0.1) is 0 Å². The number of para-hydroxylation sites is 2. The largest absolute Gasteiger partial charge is 0.872 e. The number of quaternary nitrogens is 1. The van der Waals surface area contributed by atoms with Crippen molar-refractivity contribution in [3.8, 4) is 5.75 Å². The van der Waals surface area contributed by atoms with Crippen LogP contribution in [0.15, 0.2) is 187 Å². The second-order valence-electron chi connectivity index (χ2n) is 12.6. The van der Waals surface area contributed by atoms with Gasteiger partial charge in [-0.25, -0.2) is 0 Å². The van der Waals surface area contributed by atoms with Crippen LogP contribution < -0.4 is 42.3 Å². The fourth-order valence-corrected chi connectivity index (χ4v) is 14.7. The van der Waals surface area contributed by atoms with Crippen LogP contribution in [-0.4, -0.2) is 6.21 Å². The van der Waals surface area contributed by atoms with E-state index in [1.807, 2.05) is 12.1 Å². The van der Waals surface area contributed by atoms with E-state index in [2.05, 4.69) is 182 Å². The molecule has 50 heavy (non-hydrogen) atoms. The second kappa shape index (κ2) is 14.0. The molecule has 5 heteroatoms. The molecule has 2 N–H and O–H groups in total. The molecule has 0 aliphatic carbocycles. The lowest BCUT2D eigenvalue weighted by molar-refractivity contribution is -0.590. The molecule has 0 aromatic heterocycles. The zero-order valence-electron chi connectivity index (χ0n) is 27.8. The van der Waals surface area contributed by atoms with Crippen molar-refractivity contribution in [2.24, 2.45) is 4.99 Å². The van der Waals surface area contributed by atoms with Crippen LogP contribution in [-0.2, 0) is 0 Å². The zero-order chi connectivity index (χ0) is 33.9. The fraction of sp³-hybridized carbons (Fsp3) is 0.0444. The molecule has 0 amide bonds. The highest BCUT2D eigenvalue weighted by molar-refractivity contribution is 7.96. The van der Waals surface area contributed by atoms with Gasteiger partial charge in [-0.2, -0.15) is 0 Å². The Hall–Kier alpha value is -5.17. The summed E-state index contributed by atoms with van der Waals surface area (Å²) in [6, 6.07) is 64.2. The Morgan fingerprint density at radius 1 is 0.620 bits per heavy atom. The Labute approximate surface area is 296 Å². The minimum Gasteiger partial charge on any atom is -0.872 e. The molecule has 7 aromatic carbocycles. The van der Waals surface area contributed by atoms with Crippen molar-refractivity contribution in [3.63, 3.8) is 0 Å². The highest BCUT2D eigenvalue weighted by Gasteiger charge is 2.62. The van der Waals surface area contributed by atoms with Crippen LogP contribution in [0.4, 0.5) is 11.4 Å². The van der Waals surface area contributed by atoms with Gasteiger partial charge in [-0.3, -0.25) is 10.3 Å². The normalized spacial score (nSPS) is 15.0. The first-order chi connectivity index (χ1) is 24.6. The second-order valence-corrected chi connectivity index (χ2v) is 18.3. The summed E-state index contributed by atoms with van der Waals surface area (Å²) in [4.78, 5) is 5.10. The number of nitrogens with zero attached hydrogens (tertiary/aromatic N) is 1. The Bertz CT molecular complexity index is 2200. The van der Waals surface area contributed by atoms with Gasteiger partial charge in [0, 0.05) is 23.1 Å². The molecule has 7 aromatic rings. The predicted octanol–water partition coefficient (Wildman–Crippen LogP) is 6.78. The third-order valence-electron chi connectivity index (χ3n) is 9.50. The van der Waals surface area contributed by atoms with Crippen LogP contribution in [0.5, 0.6) is 5.75 Å². The SMILES string of the molecule is Cc1cc(C=Nc2ccccc2P(c2ccccc2)c2ccccc2)c([O-])c(C2[NH2+]c3ccccc3[P+]2(c2ccccc2)c2ccccc2)c1. The van der Waals surface area contributed by atoms with Crippen molar-refractivity contribution in [2.75, 3.05) is 0 Å². The average molecular weight is 684 g/mol. The number of aliphatic imine (C=N–C) groups is 1.